The van der Waals surface area contributed by atoms with Crippen LogP contribution >= 0.6 is 0 Å². The van der Waals surface area contributed by atoms with E-state index in [9.17, 15) is 0 Å². The molecule has 0 saturated carbocycles. The van der Waals surface area contributed by atoms with Crippen LogP contribution < -0.4 is 14.4 Å². The maximum Gasteiger partial charge on any atom is 0.194 e. The lowest BCUT2D eigenvalue weighted by Crippen LogP contribution is -2.27. The summed E-state index contributed by atoms with van der Waals surface area (Å²) in [6, 6.07) is 48.3. The summed E-state index contributed by atoms with van der Waals surface area (Å²) in [7, 11) is 0. The van der Waals surface area contributed by atoms with E-state index < -0.39 is 5.41 Å². The molecule has 1 atom stereocenters. The van der Waals surface area contributed by atoms with E-state index in [2.05, 4.69) is 175 Å². The number of rotatable bonds is 5. The molecule has 1 aliphatic heterocycles. The molecular formula is C55H39NO2. The van der Waals surface area contributed by atoms with Crippen molar-refractivity contribution in [3.63, 3.8) is 0 Å². The Balaban J connectivity index is 1.04. The van der Waals surface area contributed by atoms with E-state index in [0.29, 0.717) is 11.5 Å². The van der Waals surface area contributed by atoms with Gasteiger partial charge in [0.2, 0.25) is 0 Å². The molecule has 1 spiro atoms. The number of anilines is 2. The Kier molecular flexibility index (Phi) is 7.44. The van der Waals surface area contributed by atoms with Crippen LogP contribution in [0.1, 0.15) is 66.3 Å². The lowest BCUT2D eigenvalue weighted by Gasteiger charge is -2.34. The van der Waals surface area contributed by atoms with Crippen LogP contribution in [-0.4, -0.2) is 0 Å². The minimum Gasteiger partial charge on any atom is -0.449 e. The van der Waals surface area contributed by atoms with Gasteiger partial charge in [-0.15, -0.1) is 0 Å². The molecule has 12 rings (SSSR count). The Bertz CT molecular complexity index is 2900. The maximum absolute atomic E-state index is 7.23. The van der Waals surface area contributed by atoms with Crippen LogP contribution in [0.3, 0.4) is 0 Å². The molecule has 0 N–H and O–H groups in total. The van der Waals surface area contributed by atoms with Gasteiger partial charge in [0, 0.05) is 11.4 Å². The molecule has 1 heterocycles. The Morgan fingerprint density at radius 1 is 0.569 bits per heavy atom. The number of allylic oxidation sites excluding steroid dienone is 11. The van der Waals surface area contributed by atoms with Gasteiger partial charge in [-0.3, -0.25) is 0 Å². The number of hydrogen-bond acceptors (Lipinski definition) is 3. The molecule has 0 aromatic heterocycles. The van der Waals surface area contributed by atoms with Crippen LogP contribution in [0.4, 0.5) is 11.4 Å². The normalized spacial score (nSPS) is 18.8. The molecular weight excluding hydrogens is 707 g/mol. The predicted octanol–water partition coefficient (Wildman–Crippen LogP) is 14.4. The topological polar surface area (TPSA) is 21.7 Å². The van der Waals surface area contributed by atoms with Crippen LogP contribution in [0, 0.1) is 12.1 Å². The summed E-state index contributed by atoms with van der Waals surface area (Å²) in [6.07, 6.45) is 24.4. The smallest absolute Gasteiger partial charge is 0.194 e. The summed E-state index contributed by atoms with van der Waals surface area (Å²) in [5.74, 6) is 2.85. The highest BCUT2D eigenvalue weighted by Gasteiger charge is 2.53. The first-order chi connectivity index (χ1) is 28.8. The fourth-order valence-corrected chi connectivity index (χ4v) is 10.3. The summed E-state index contributed by atoms with van der Waals surface area (Å²) in [5.41, 5.74) is 17.8. The van der Waals surface area contributed by atoms with Crippen molar-refractivity contribution in [3.05, 3.63) is 215 Å². The summed E-state index contributed by atoms with van der Waals surface area (Å²) in [6.45, 7) is 0. The van der Waals surface area contributed by atoms with Crippen molar-refractivity contribution in [1.82, 2.24) is 0 Å². The standard InChI is InChI=1S/C55H39NO2/c1-4-17-36(18-5-1)38-31-39(37-19-6-2-7-20-37)33-41(32-38)56(40-21-8-3-9-22-40)50-29-16-30-51-54(50)58-53-35-49-45(34-52(53)57-51)44-25-12-15-28-48(44)55(49)46-26-13-10-23-42(46)43-24-11-14-27-47(43)55/h1-2,4-6,8,12-13,15-19,21-22,24-35H,3,7,9-10,20,23H2. The Morgan fingerprint density at radius 2 is 1.41 bits per heavy atom. The first-order valence-electron chi connectivity index (χ1n) is 20.6. The van der Waals surface area contributed by atoms with Crippen molar-refractivity contribution in [1.29, 1.82) is 0 Å². The zero-order valence-corrected chi connectivity index (χ0v) is 32.1. The second-order valence-corrected chi connectivity index (χ2v) is 15.9. The second kappa shape index (κ2) is 13.0. The van der Waals surface area contributed by atoms with E-state index in [1.807, 2.05) is 6.07 Å². The zero-order valence-electron chi connectivity index (χ0n) is 32.1. The van der Waals surface area contributed by atoms with Crippen LogP contribution in [0.5, 0.6) is 23.0 Å². The minimum absolute atomic E-state index is 0.474. The van der Waals surface area contributed by atoms with E-state index in [-0.39, 0.29) is 0 Å². The molecule has 3 heteroatoms. The highest BCUT2D eigenvalue weighted by molar-refractivity contribution is 5.97. The van der Waals surface area contributed by atoms with Gasteiger partial charge >= 0.3 is 0 Å². The van der Waals surface area contributed by atoms with E-state index in [4.69, 9.17) is 9.47 Å². The number of fused-ring (bicyclic) bond motifs is 11. The molecule has 0 fully saturated rings. The number of nitrogens with zero attached hydrogens (tertiary/aromatic N) is 1. The molecule has 6 aromatic carbocycles. The van der Waals surface area contributed by atoms with Crippen LogP contribution in [0.25, 0.3) is 33.4 Å². The Hall–Kier alpha value is -7.02. The van der Waals surface area contributed by atoms with Crippen molar-refractivity contribution in [3.8, 4) is 45.3 Å². The lowest BCUT2D eigenvalue weighted by atomic mass is 9.69. The SMILES string of the molecule is c1cc2c(cc#1)C1(C3=C2CCC=C3)c2ccccc2-c2cc3c(cc21)Oc1c(cccc1N(C1=CCCC=C1)c1cc(C2=CC=CCC2)cc(-c2ccccc2)c1)O3. The summed E-state index contributed by atoms with van der Waals surface area (Å²) >= 11 is 0. The Labute approximate surface area is 339 Å². The first-order valence-corrected chi connectivity index (χ1v) is 20.6. The van der Waals surface area contributed by atoms with Gasteiger partial charge < -0.3 is 14.4 Å². The fraction of sp³-hybridized carbons (Fsp3) is 0.127. The lowest BCUT2D eigenvalue weighted by molar-refractivity contribution is 0.360. The molecule has 58 heavy (non-hydrogen) atoms. The van der Waals surface area contributed by atoms with Crippen LogP contribution in [0.2, 0.25) is 0 Å². The molecule has 3 nitrogen and oxygen atoms in total. The fourth-order valence-electron chi connectivity index (χ4n) is 10.3. The molecule has 6 aliphatic rings. The van der Waals surface area contributed by atoms with Crippen molar-refractivity contribution in [2.24, 2.45) is 0 Å². The van der Waals surface area contributed by atoms with Gasteiger partial charge in [-0.25, -0.2) is 0 Å². The molecule has 0 radical (unpaired) electrons. The van der Waals surface area contributed by atoms with Crippen molar-refractivity contribution in [2.75, 3.05) is 4.90 Å². The van der Waals surface area contributed by atoms with Gasteiger partial charge in [-0.05, 0) is 166 Å². The van der Waals surface area contributed by atoms with Gasteiger partial charge in [-0.2, -0.15) is 0 Å². The third-order valence-electron chi connectivity index (χ3n) is 12.8. The van der Waals surface area contributed by atoms with Crippen molar-refractivity contribution < 1.29 is 9.47 Å². The highest BCUT2D eigenvalue weighted by atomic mass is 16.6. The van der Waals surface area contributed by atoms with Crippen molar-refractivity contribution in [2.45, 2.75) is 43.9 Å². The molecule has 6 aromatic rings. The highest BCUT2D eigenvalue weighted by Crippen LogP contribution is 2.65. The minimum atomic E-state index is -0.474. The first kappa shape index (κ1) is 33.2. The van der Waals surface area contributed by atoms with Crippen LogP contribution in [0.15, 0.2) is 175 Å². The number of benzene rings is 5. The average molecular weight is 746 g/mol. The van der Waals surface area contributed by atoms with Gasteiger partial charge in [0.15, 0.2) is 23.0 Å². The predicted molar refractivity (Wildman–Crippen MR) is 235 cm³/mol. The maximum atomic E-state index is 7.23. The number of ether oxygens (including phenoxy) is 2. The second-order valence-electron chi connectivity index (χ2n) is 15.9. The largest absolute Gasteiger partial charge is 0.449 e. The molecule has 276 valence electrons. The number of para-hydroxylation sites is 1. The molecule has 0 bridgehead atoms. The molecule has 1 unspecified atom stereocenters. The number of hydrogen-bond donors (Lipinski definition) is 0. The quantitative estimate of drug-likeness (QED) is 0.175. The summed E-state index contributed by atoms with van der Waals surface area (Å²) in [4.78, 5) is 2.37. The third-order valence-corrected chi connectivity index (χ3v) is 12.8. The van der Waals surface area contributed by atoms with Crippen LogP contribution in [-0.2, 0) is 5.41 Å². The van der Waals surface area contributed by atoms with E-state index in [0.717, 1.165) is 67.1 Å². The molecule has 0 amide bonds. The summed E-state index contributed by atoms with van der Waals surface area (Å²) < 4.78 is 14.2. The van der Waals surface area contributed by atoms with E-state index in [1.54, 1.807) is 0 Å². The van der Waals surface area contributed by atoms with Gasteiger partial charge in [0.05, 0.1) is 11.1 Å². The summed E-state index contributed by atoms with van der Waals surface area (Å²) in [5, 5.41) is 0. The van der Waals surface area contributed by atoms with E-state index in [1.165, 1.54) is 66.8 Å². The zero-order chi connectivity index (χ0) is 38.2. The van der Waals surface area contributed by atoms with Gasteiger partial charge in [-0.1, -0.05) is 115 Å². The average Bonchev–Trinajstić information content (AvgIpc) is 3.75. The van der Waals surface area contributed by atoms with Crippen molar-refractivity contribution >= 4 is 22.5 Å². The third kappa shape index (κ3) is 4.88. The van der Waals surface area contributed by atoms with Gasteiger partial charge in [0.25, 0.3) is 0 Å². The monoisotopic (exact) mass is 745 g/mol. The molecule has 5 aliphatic carbocycles. The molecule has 0 saturated heterocycles. The van der Waals surface area contributed by atoms with E-state index >= 15 is 0 Å². The Morgan fingerprint density at radius 3 is 2.31 bits per heavy atom. The van der Waals surface area contributed by atoms with Gasteiger partial charge in [0.1, 0.15) is 0 Å².